The van der Waals surface area contributed by atoms with Gasteiger partial charge in [0.05, 0.1) is 12.6 Å². The molecule has 0 aromatic heterocycles. The molecule has 1 amide bonds. The maximum absolute atomic E-state index is 13.0. The van der Waals surface area contributed by atoms with Crippen LogP contribution in [0.1, 0.15) is 44.1 Å². The van der Waals surface area contributed by atoms with E-state index in [4.69, 9.17) is 15.2 Å². The standard InChI is InChI=1S/C21H34N2O3/c1-25-20(26-2)16-23(15-18-11-7-4-8-12-18)21(24)19(22)14-13-17-9-5-3-6-10-17/h3,5-6,9-10,18-20H,4,7-8,11-16,22H2,1-2H3/t19-/m0/s1. The van der Waals surface area contributed by atoms with Gasteiger partial charge in [0.25, 0.3) is 0 Å². The lowest BCUT2D eigenvalue weighted by atomic mass is 9.88. The van der Waals surface area contributed by atoms with E-state index in [2.05, 4.69) is 12.1 Å². The molecular formula is C21H34N2O3. The molecule has 1 aliphatic rings. The van der Waals surface area contributed by atoms with Gasteiger partial charge in [-0.05, 0) is 37.2 Å². The summed E-state index contributed by atoms with van der Waals surface area (Å²) in [6.07, 6.45) is 7.23. The first kappa shape index (κ1) is 20.9. The topological polar surface area (TPSA) is 64.8 Å². The van der Waals surface area contributed by atoms with Crippen molar-refractivity contribution in [3.8, 4) is 0 Å². The van der Waals surface area contributed by atoms with Gasteiger partial charge >= 0.3 is 0 Å². The van der Waals surface area contributed by atoms with Gasteiger partial charge < -0.3 is 20.1 Å². The summed E-state index contributed by atoms with van der Waals surface area (Å²) in [5, 5.41) is 0. The van der Waals surface area contributed by atoms with Crippen molar-refractivity contribution < 1.29 is 14.3 Å². The number of methoxy groups -OCH3 is 2. The number of nitrogens with two attached hydrogens (primary N) is 1. The fraction of sp³-hybridized carbons (Fsp3) is 0.667. The zero-order valence-corrected chi connectivity index (χ0v) is 16.2. The summed E-state index contributed by atoms with van der Waals surface area (Å²) in [5.74, 6) is 0.564. The van der Waals surface area contributed by atoms with Gasteiger partial charge in [0.15, 0.2) is 6.29 Å². The Balaban J connectivity index is 1.95. The zero-order valence-electron chi connectivity index (χ0n) is 16.2. The quantitative estimate of drug-likeness (QED) is 0.650. The number of hydrogen-bond donors (Lipinski definition) is 1. The number of ether oxygens (including phenoxy) is 2. The smallest absolute Gasteiger partial charge is 0.239 e. The van der Waals surface area contributed by atoms with Crippen molar-refractivity contribution in [3.63, 3.8) is 0 Å². The van der Waals surface area contributed by atoms with Crippen LogP contribution in [0.4, 0.5) is 0 Å². The molecule has 146 valence electrons. The average Bonchev–Trinajstić information content (AvgIpc) is 2.70. The third kappa shape index (κ3) is 6.71. The van der Waals surface area contributed by atoms with Gasteiger partial charge in [0.1, 0.15) is 0 Å². The molecule has 2 rings (SSSR count). The summed E-state index contributed by atoms with van der Waals surface area (Å²) in [6, 6.07) is 9.68. The SMILES string of the molecule is COC(CN(CC1CCCCC1)C(=O)[C@@H](N)CCc1ccccc1)OC. The van der Waals surface area contributed by atoms with E-state index in [1.165, 1.54) is 37.7 Å². The van der Waals surface area contributed by atoms with Gasteiger partial charge in [-0.1, -0.05) is 49.6 Å². The number of nitrogens with zero attached hydrogens (tertiary/aromatic N) is 1. The van der Waals surface area contributed by atoms with E-state index in [0.29, 0.717) is 18.9 Å². The lowest BCUT2D eigenvalue weighted by Crippen LogP contribution is -2.49. The molecule has 0 bridgehead atoms. The Hall–Kier alpha value is -1.43. The Bertz CT molecular complexity index is 513. The van der Waals surface area contributed by atoms with Gasteiger partial charge in [-0.25, -0.2) is 0 Å². The predicted octanol–water partition coefficient (Wildman–Crippen LogP) is 2.97. The lowest BCUT2D eigenvalue weighted by molar-refractivity contribution is -0.148. The number of rotatable bonds is 10. The van der Waals surface area contributed by atoms with Crippen LogP contribution in [-0.4, -0.2) is 50.4 Å². The van der Waals surface area contributed by atoms with Crippen molar-refractivity contribution in [3.05, 3.63) is 35.9 Å². The van der Waals surface area contributed by atoms with Crippen LogP contribution in [0.25, 0.3) is 0 Å². The van der Waals surface area contributed by atoms with Crippen LogP contribution >= 0.6 is 0 Å². The van der Waals surface area contributed by atoms with Crippen LogP contribution in [0.5, 0.6) is 0 Å². The third-order valence-corrected chi connectivity index (χ3v) is 5.31. The first-order chi connectivity index (χ1) is 12.6. The molecule has 0 radical (unpaired) electrons. The van der Waals surface area contributed by atoms with Crippen LogP contribution in [0, 0.1) is 5.92 Å². The Kier molecular flexibility index (Phi) is 9.09. The molecule has 0 spiro atoms. The van der Waals surface area contributed by atoms with Crippen molar-refractivity contribution in [2.75, 3.05) is 27.3 Å². The Labute approximate surface area is 157 Å². The van der Waals surface area contributed by atoms with E-state index >= 15 is 0 Å². The largest absolute Gasteiger partial charge is 0.354 e. The maximum atomic E-state index is 13.0. The number of hydrogen-bond acceptors (Lipinski definition) is 4. The molecule has 0 unspecified atom stereocenters. The predicted molar refractivity (Wildman–Crippen MR) is 104 cm³/mol. The third-order valence-electron chi connectivity index (χ3n) is 5.31. The van der Waals surface area contributed by atoms with E-state index in [-0.39, 0.29) is 5.91 Å². The maximum Gasteiger partial charge on any atom is 0.239 e. The van der Waals surface area contributed by atoms with Crippen molar-refractivity contribution in [2.24, 2.45) is 11.7 Å². The van der Waals surface area contributed by atoms with Crippen LogP contribution < -0.4 is 5.73 Å². The summed E-state index contributed by atoms with van der Waals surface area (Å²) in [6.45, 7) is 1.18. The van der Waals surface area contributed by atoms with Crippen LogP contribution in [0.3, 0.4) is 0 Å². The fourth-order valence-corrected chi connectivity index (χ4v) is 3.69. The first-order valence-corrected chi connectivity index (χ1v) is 9.78. The Morgan fingerprint density at radius 3 is 2.42 bits per heavy atom. The van der Waals surface area contributed by atoms with Gasteiger partial charge in [0, 0.05) is 20.8 Å². The summed E-state index contributed by atoms with van der Waals surface area (Å²) in [4.78, 5) is 14.9. The molecule has 0 heterocycles. The number of carbonyl (C=O) groups is 1. The Morgan fingerprint density at radius 2 is 1.81 bits per heavy atom. The second-order valence-corrected chi connectivity index (χ2v) is 7.28. The van der Waals surface area contributed by atoms with Crippen LogP contribution in [0.2, 0.25) is 0 Å². The molecular weight excluding hydrogens is 328 g/mol. The van der Waals surface area contributed by atoms with Gasteiger partial charge in [0.2, 0.25) is 5.91 Å². The molecule has 5 nitrogen and oxygen atoms in total. The summed E-state index contributed by atoms with van der Waals surface area (Å²) in [5.41, 5.74) is 7.47. The van der Waals surface area contributed by atoms with Crippen molar-refractivity contribution in [1.29, 1.82) is 0 Å². The van der Waals surface area contributed by atoms with Gasteiger partial charge in [-0.2, -0.15) is 0 Å². The second-order valence-electron chi connectivity index (χ2n) is 7.28. The zero-order chi connectivity index (χ0) is 18.8. The number of aryl methyl sites for hydroxylation is 1. The van der Waals surface area contributed by atoms with Crippen LogP contribution in [-0.2, 0) is 20.7 Å². The summed E-state index contributed by atoms with van der Waals surface area (Å²) >= 11 is 0. The average molecular weight is 363 g/mol. The number of amides is 1. The minimum atomic E-state index is -0.492. The minimum absolute atomic E-state index is 0.00519. The molecule has 26 heavy (non-hydrogen) atoms. The molecule has 1 aromatic carbocycles. The van der Waals surface area contributed by atoms with E-state index in [0.717, 1.165) is 13.0 Å². The second kappa shape index (κ2) is 11.3. The molecule has 1 atom stereocenters. The first-order valence-electron chi connectivity index (χ1n) is 9.78. The normalized spacial score (nSPS) is 16.6. The van der Waals surface area contributed by atoms with E-state index in [1.807, 2.05) is 23.1 Å². The molecule has 2 N–H and O–H groups in total. The molecule has 1 saturated carbocycles. The molecule has 0 saturated heterocycles. The van der Waals surface area contributed by atoms with E-state index in [1.54, 1.807) is 14.2 Å². The van der Waals surface area contributed by atoms with Gasteiger partial charge in [-0.3, -0.25) is 4.79 Å². The van der Waals surface area contributed by atoms with E-state index < -0.39 is 12.3 Å². The highest BCUT2D eigenvalue weighted by molar-refractivity contribution is 5.81. The highest BCUT2D eigenvalue weighted by Crippen LogP contribution is 2.25. The molecule has 1 fully saturated rings. The fourth-order valence-electron chi connectivity index (χ4n) is 3.69. The monoisotopic (exact) mass is 362 g/mol. The summed E-state index contributed by atoms with van der Waals surface area (Å²) in [7, 11) is 3.21. The van der Waals surface area contributed by atoms with Crippen molar-refractivity contribution >= 4 is 5.91 Å². The molecule has 1 aromatic rings. The highest BCUT2D eigenvalue weighted by atomic mass is 16.7. The number of benzene rings is 1. The van der Waals surface area contributed by atoms with Gasteiger partial charge in [-0.15, -0.1) is 0 Å². The van der Waals surface area contributed by atoms with Crippen molar-refractivity contribution in [1.82, 2.24) is 4.90 Å². The van der Waals surface area contributed by atoms with E-state index in [9.17, 15) is 4.79 Å². The highest BCUT2D eigenvalue weighted by Gasteiger charge is 2.27. The molecule has 1 aliphatic carbocycles. The number of carbonyl (C=O) groups excluding carboxylic acids is 1. The minimum Gasteiger partial charge on any atom is -0.354 e. The van der Waals surface area contributed by atoms with Crippen molar-refractivity contribution in [2.45, 2.75) is 57.3 Å². The summed E-state index contributed by atoms with van der Waals surface area (Å²) < 4.78 is 10.6. The van der Waals surface area contributed by atoms with Crippen LogP contribution in [0.15, 0.2) is 30.3 Å². The Morgan fingerprint density at radius 1 is 1.15 bits per heavy atom. The molecule has 5 heteroatoms. The lowest BCUT2D eigenvalue weighted by Gasteiger charge is -2.33. The molecule has 0 aliphatic heterocycles.